The first kappa shape index (κ1) is 21.2. The van der Waals surface area contributed by atoms with Crippen molar-refractivity contribution < 1.29 is 9.53 Å². The molecule has 1 saturated heterocycles. The second-order valence-electron chi connectivity index (χ2n) is 7.87. The number of hydrogen-bond acceptors (Lipinski definition) is 5. The molecule has 0 saturated carbocycles. The van der Waals surface area contributed by atoms with Crippen molar-refractivity contribution in [3.63, 3.8) is 0 Å². The van der Waals surface area contributed by atoms with Crippen molar-refractivity contribution in [1.82, 2.24) is 19.2 Å². The van der Waals surface area contributed by atoms with Gasteiger partial charge in [-0.1, -0.05) is 30.3 Å². The Morgan fingerprint density at radius 2 is 1.90 bits per heavy atom. The maximum absolute atomic E-state index is 13.4. The Bertz CT molecular complexity index is 1110. The maximum Gasteiger partial charge on any atom is 0.270 e. The lowest BCUT2D eigenvalue weighted by Crippen LogP contribution is -2.40. The molecule has 0 spiro atoms. The van der Waals surface area contributed by atoms with Crippen molar-refractivity contribution in [2.24, 2.45) is 0 Å². The van der Waals surface area contributed by atoms with Crippen LogP contribution in [0, 0.1) is 6.92 Å². The van der Waals surface area contributed by atoms with Crippen LogP contribution in [0.15, 0.2) is 59.7 Å². The van der Waals surface area contributed by atoms with Gasteiger partial charge < -0.3 is 9.64 Å². The molecule has 0 atom stereocenters. The minimum atomic E-state index is -0.335. The van der Waals surface area contributed by atoms with Crippen molar-refractivity contribution in [2.75, 3.05) is 39.4 Å². The van der Waals surface area contributed by atoms with E-state index in [0.29, 0.717) is 18.7 Å². The molecule has 1 fully saturated rings. The minimum Gasteiger partial charge on any atom is -0.379 e. The van der Waals surface area contributed by atoms with Gasteiger partial charge in [-0.3, -0.25) is 18.9 Å². The van der Waals surface area contributed by atoms with E-state index in [1.807, 2.05) is 37.3 Å². The first-order chi connectivity index (χ1) is 15.1. The molecule has 0 bridgehead atoms. The van der Waals surface area contributed by atoms with Crippen LogP contribution in [-0.4, -0.2) is 64.5 Å². The van der Waals surface area contributed by atoms with Crippen LogP contribution in [0.2, 0.25) is 0 Å². The molecule has 1 aliphatic heterocycles. The number of carbonyl (C=O) groups is 1. The number of aromatic nitrogens is 2. The fraction of sp³-hybridized carbons (Fsp3) is 0.375. The zero-order chi connectivity index (χ0) is 21.6. The Morgan fingerprint density at radius 1 is 1.13 bits per heavy atom. The molecule has 7 heteroatoms. The van der Waals surface area contributed by atoms with Gasteiger partial charge in [-0.15, -0.1) is 0 Å². The fourth-order valence-corrected chi connectivity index (χ4v) is 3.90. The molecule has 162 valence electrons. The Kier molecular flexibility index (Phi) is 6.74. The van der Waals surface area contributed by atoms with Crippen LogP contribution in [0.4, 0.5) is 0 Å². The highest BCUT2D eigenvalue weighted by Crippen LogP contribution is 2.13. The molecular weight excluding hydrogens is 392 g/mol. The molecule has 2 aromatic heterocycles. The minimum absolute atomic E-state index is 0.101. The molecule has 1 aromatic carbocycles. The molecule has 0 aliphatic carbocycles. The number of pyridine rings is 1. The van der Waals surface area contributed by atoms with E-state index in [1.165, 1.54) is 10.6 Å². The smallest absolute Gasteiger partial charge is 0.270 e. The predicted molar refractivity (Wildman–Crippen MR) is 119 cm³/mol. The largest absolute Gasteiger partial charge is 0.379 e. The Labute approximate surface area is 181 Å². The third-order valence-corrected chi connectivity index (χ3v) is 5.76. The maximum atomic E-state index is 13.4. The average Bonchev–Trinajstić information content (AvgIpc) is 2.80. The van der Waals surface area contributed by atoms with E-state index in [1.54, 1.807) is 23.2 Å². The molecule has 1 amide bonds. The number of nitrogens with zero attached hydrogens (tertiary/aromatic N) is 4. The third kappa shape index (κ3) is 5.00. The van der Waals surface area contributed by atoms with Crippen LogP contribution in [0.5, 0.6) is 0 Å². The van der Waals surface area contributed by atoms with Gasteiger partial charge in [-0.05, 0) is 36.6 Å². The van der Waals surface area contributed by atoms with Gasteiger partial charge >= 0.3 is 0 Å². The molecule has 4 rings (SSSR count). The summed E-state index contributed by atoms with van der Waals surface area (Å²) in [6.45, 7) is 7.32. The molecule has 3 aromatic rings. The Morgan fingerprint density at radius 3 is 2.71 bits per heavy atom. The number of hydrogen-bond donors (Lipinski definition) is 0. The van der Waals surface area contributed by atoms with Crippen molar-refractivity contribution in [3.05, 3.63) is 81.9 Å². The Balaban J connectivity index is 1.56. The van der Waals surface area contributed by atoms with Crippen LogP contribution < -0.4 is 5.56 Å². The van der Waals surface area contributed by atoms with Gasteiger partial charge in [0.15, 0.2) is 0 Å². The summed E-state index contributed by atoms with van der Waals surface area (Å²) in [6, 6.07) is 13.4. The number of amides is 1. The molecule has 0 N–H and O–H groups in total. The molecule has 0 unspecified atom stereocenters. The molecule has 0 radical (unpaired) electrons. The van der Waals surface area contributed by atoms with Gasteiger partial charge in [0.2, 0.25) is 0 Å². The van der Waals surface area contributed by atoms with Gasteiger partial charge in [0.25, 0.3) is 11.5 Å². The monoisotopic (exact) mass is 420 g/mol. The Hall–Kier alpha value is -3.03. The predicted octanol–water partition coefficient (Wildman–Crippen LogP) is 2.37. The van der Waals surface area contributed by atoms with Crippen molar-refractivity contribution in [1.29, 1.82) is 0 Å². The molecule has 1 aliphatic rings. The normalized spacial score (nSPS) is 14.6. The van der Waals surface area contributed by atoms with E-state index >= 15 is 0 Å². The van der Waals surface area contributed by atoms with Gasteiger partial charge in [-0.25, -0.2) is 4.98 Å². The summed E-state index contributed by atoms with van der Waals surface area (Å²) in [5.41, 5.74) is 2.50. The van der Waals surface area contributed by atoms with E-state index in [4.69, 9.17) is 4.74 Å². The number of fused-ring (bicyclic) bond motifs is 1. The number of ether oxygens (including phenoxy) is 1. The van der Waals surface area contributed by atoms with Crippen LogP contribution in [0.3, 0.4) is 0 Å². The number of benzene rings is 1. The van der Waals surface area contributed by atoms with E-state index in [9.17, 15) is 9.59 Å². The van der Waals surface area contributed by atoms with Gasteiger partial charge in [-0.2, -0.15) is 0 Å². The van der Waals surface area contributed by atoms with Crippen molar-refractivity contribution in [2.45, 2.75) is 19.9 Å². The van der Waals surface area contributed by atoms with E-state index in [2.05, 4.69) is 9.88 Å². The first-order valence-electron chi connectivity index (χ1n) is 10.7. The highest BCUT2D eigenvalue weighted by molar-refractivity contribution is 5.93. The van der Waals surface area contributed by atoms with Crippen LogP contribution >= 0.6 is 0 Å². The zero-order valence-corrected chi connectivity index (χ0v) is 17.9. The molecule has 3 heterocycles. The van der Waals surface area contributed by atoms with E-state index in [0.717, 1.165) is 50.4 Å². The lowest BCUT2D eigenvalue weighted by Gasteiger charge is -2.28. The highest BCUT2D eigenvalue weighted by Gasteiger charge is 2.21. The number of rotatable bonds is 7. The van der Waals surface area contributed by atoms with Crippen molar-refractivity contribution >= 4 is 11.6 Å². The zero-order valence-electron chi connectivity index (χ0n) is 17.9. The van der Waals surface area contributed by atoms with Crippen LogP contribution in [0.1, 0.15) is 27.9 Å². The topological polar surface area (TPSA) is 67.2 Å². The van der Waals surface area contributed by atoms with Gasteiger partial charge in [0, 0.05) is 45.1 Å². The second kappa shape index (κ2) is 9.85. The van der Waals surface area contributed by atoms with E-state index in [-0.39, 0.29) is 17.0 Å². The van der Waals surface area contributed by atoms with E-state index < -0.39 is 0 Å². The van der Waals surface area contributed by atoms with Gasteiger partial charge in [0.05, 0.1) is 13.2 Å². The SMILES string of the molecule is Cc1ccccc1CN(CCCN1CCOCC1)C(=O)c1cnc2ccccn2c1=O. The summed E-state index contributed by atoms with van der Waals surface area (Å²) >= 11 is 0. The summed E-state index contributed by atoms with van der Waals surface area (Å²) < 4.78 is 6.84. The van der Waals surface area contributed by atoms with Crippen LogP contribution in [-0.2, 0) is 11.3 Å². The van der Waals surface area contributed by atoms with Crippen LogP contribution in [0.25, 0.3) is 5.65 Å². The molecule has 7 nitrogen and oxygen atoms in total. The number of carbonyl (C=O) groups excluding carboxylic acids is 1. The molecular formula is C24H28N4O3. The quantitative estimate of drug-likeness (QED) is 0.587. The standard InChI is InChI=1S/C24H28N4O3/c1-19-7-2-3-8-20(19)18-27(11-6-10-26-13-15-31-16-14-26)23(29)21-17-25-22-9-4-5-12-28(22)24(21)30/h2-5,7-9,12,17H,6,10-11,13-16,18H2,1H3. The second-order valence-corrected chi connectivity index (χ2v) is 7.87. The lowest BCUT2D eigenvalue weighted by atomic mass is 10.1. The van der Waals surface area contributed by atoms with Crippen molar-refractivity contribution in [3.8, 4) is 0 Å². The average molecular weight is 421 g/mol. The summed E-state index contributed by atoms with van der Waals surface area (Å²) in [7, 11) is 0. The summed E-state index contributed by atoms with van der Waals surface area (Å²) in [6.07, 6.45) is 3.89. The first-order valence-corrected chi connectivity index (χ1v) is 10.7. The summed E-state index contributed by atoms with van der Waals surface area (Å²) in [4.78, 5) is 34.9. The lowest BCUT2D eigenvalue weighted by molar-refractivity contribution is 0.0355. The number of aryl methyl sites for hydroxylation is 1. The summed E-state index contributed by atoms with van der Waals surface area (Å²) in [5.74, 6) is -0.277. The molecule has 31 heavy (non-hydrogen) atoms. The summed E-state index contributed by atoms with van der Waals surface area (Å²) in [5, 5.41) is 0. The highest BCUT2D eigenvalue weighted by atomic mass is 16.5. The third-order valence-electron chi connectivity index (χ3n) is 5.76. The fourth-order valence-electron chi connectivity index (χ4n) is 3.90. The number of morpholine rings is 1. The van der Waals surface area contributed by atoms with Gasteiger partial charge in [0.1, 0.15) is 11.2 Å².